The molecule has 2 aliphatic heterocycles. The van der Waals surface area contributed by atoms with E-state index in [0.717, 1.165) is 25.1 Å². The van der Waals surface area contributed by atoms with Crippen LogP contribution in [0.5, 0.6) is 0 Å². The van der Waals surface area contributed by atoms with Crippen LogP contribution in [0, 0.1) is 0 Å². The SMILES string of the molecule is O=C(c1conc1C1CCCCN1)N1CCOCC1. The Morgan fingerprint density at radius 3 is 2.95 bits per heavy atom. The largest absolute Gasteiger partial charge is 0.378 e. The van der Waals surface area contributed by atoms with Crippen molar-refractivity contribution in [2.75, 3.05) is 32.8 Å². The van der Waals surface area contributed by atoms with Gasteiger partial charge in [0.15, 0.2) is 0 Å². The predicted octanol–water partition coefficient (Wildman–Crippen LogP) is 0.962. The van der Waals surface area contributed by atoms with Crippen molar-refractivity contribution in [3.05, 3.63) is 17.5 Å². The Balaban J connectivity index is 1.76. The summed E-state index contributed by atoms with van der Waals surface area (Å²) >= 11 is 0. The Morgan fingerprint density at radius 2 is 2.21 bits per heavy atom. The van der Waals surface area contributed by atoms with Gasteiger partial charge in [0.25, 0.3) is 5.91 Å². The first-order valence-electron chi connectivity index (χ1n) is 6.91. The van der Waals surface area contributed by atoms with Crippen LogP contribution in [0.1, 0.15) is 41.4 Å². The molecule has 6 nitrogen and oxygen atoms in total. The van der Waals surface area contributed by atoms with Gasteiger partial charge in [-0.15, -0.1) is 0 Å². The Bertz CT molecular complexity index is 434. The molecule has 0 spiro atoms. The van der Waals surface area contributed by atoms with E-state index in [9.17, 15) is 4.79 Å². The Hall–Kier alpha value is -1.40. The van der Waals surface area contributed by atoms with E-state index in [2.05, 4.69) is 10.5 Å². The summed E-state index contributed by atoms with van der Waals surface area (Å²) in [7, 11) is 0. The summed E-state index contributed by atoms with van der Waals surface area (Å²) in [5.74, 6) is 0.00641. The Labute approximate surface area is 112 Å². The summed E-state index contributed by atoms with van der Waals surface area (Å²) in [5.41, 5.74) is 1.36. The molecule has 3 rings (SSSR count). The standard InChI is InChI=1S/C13H19N3O3/c17-13(16-5-7-18-8-6-16)10-9-19-15-12(10)11-3-1-2-4-14-11/h9,11,14H,1-8H2. The van der Waals surface area contributed by atoms with E-state index in [1.54, 1.807) is 0 Å². The van der Waals surface area contributed by atoms with Crippen LogP contribution in [0.2, 0.25) is 0 Å². The lowest BCUT2D eigenvalue weighted by molar-refractivity contribution is 0.0301. The average Bonchev–Trinajstić information content (AvgIpc) is 2.98. The topological polar surface area (TPSA) is 67.6 Å². The number of nitrogens with one attached hydrogen (secondary N) is 1. The lowest BCUT2D eigenvalue weighted by Crippen LogP contribution is -2.41. The van der Waals surface area contributed by atoms with Crippen LogP contribution >= 0.6 is 0 Å². The molecule has 0 bridgehead atoms. The zero-order valence-corrected chi connectivity index (χ0v) is 10.9. The minimum Gasteiger partial charge on any atom is -0.378 e. The van der Waals surface area contributed by atoms with Crippen molar-refractivity contribution < 1.29 is 14.1 Å². The van der Waals surface area contributed by atoms with Gasteiger partial charge < -0.3 is 19.5 Å². The number of aromatic nitrogens is 1. The molecule has 3 heterocycles. The predicted molar refractivity (Wildman–Crippen MR) is 67.8 cm³/mol. The van der Waals surface area contributed by atoms with Gasteiger partial charge in [0.2, 0.25) is 0 Å². The van der Waals surface area contributed by atoms with Gasteiger partial charge in [0.05, 0.1) is 19.3 Å². The van der Waals surface area contributed by atoms with Crippen LogP contribution in [-0.2, 0) is 4.74 Å². The molecule has 2 aliphatic rings. The molecule has 1 amide bonds. The molecule has 0 saturated carbocycles. The molecule has 1 atom stereocenters. The highest BCUT2D eigenvalue weighted by molar-refractivity contribution is 5.95. The number of piperidine rings is 1. The van der Waals surface area contributed by atoms with Crippen LogP contribution in [-0.4, -0.2) is 48.8 Å². The van der Waals surface area contributed by atoms with E-state index >= 15 is 0 Å². The molecule has 1 unspecified atom stereocenters. The van der Waals surface area contributed by atoms with Gasteiger partial charge in [-0.2, -0.15) is 0 Å². The second-order valence-electron chi connectivity index (χ2n) is 5.02. The van der Waals surface area contributed by atoms with Crippen molar-refractivity contribution in [1.29, 1.82) is 0 Å². The van der Waals surface area contributed by atoms with Crippen molar-refractivity contribution in [1.82, 2.24) is 15.4 Å². The minimum atomic E-state index is 0.00641. The number of nitrogens with zero attached hydrogens (tertiary/aromatic N) is 2. The summed E-state index contributed by atoms with van der Waals surface area (Å²) in [6.07, 6.45) is 4.83. The summed E-state index contributed by atoms with van der Waals surface area (Å²) in [6, 6.07) is 0.146. The minimum absolute atomic E-state index is 0.00641. The molecule has 104 valence electrons. The fraction of sp³-hybridized carbons (Fsp3) is 0.692. The number of amides is 1. The van der Waals surface area contributed by atoms with E-state index in [1.165, 1.54) is 12.7 Å². The number of carbonyl (C=O) groups excluding carboxylic acids is 1. The first-order chi connectivity index (χ1) is 9.36. The number of ether oxygens (including phenoxy) is 1. The zero-order chi connectivity index (χ0) is 13.1. The fourth-order valence-electron chi connectivity index (χ4n) is 2.68. The van der Waals surface area contributed by atoms with Gasteiger partial charge in [0, 0.05) is 13.1 Å². The van der Waals surface area contributed by atoms with E-state index in [-0.39, 0.29) is 11.9 Å². The monoisotopic (exact) mass is 265 g/mol. The van der Waals surface area contributed by atoms with Crippen LogP contribution in [0.4, 0.5) is 0 Å². The van der Waals surface area contributed by atoms with Crippen LogP contribution in [0.15, 0.2) is 10.8 Å². The summed E-state index contributed by atoms with van der Waals surface area (Å²) in [6.45, 7) is 3.47. The number of carbonyl (C=O) groups is 1. The third kappa shape index (κ3) is 2.64. The maximum absolute atomic E-state index is 12.5. The molecule has 2 saturated heterocycles. The fourth-order valence-corrected chi connectivity index (χ4v) is 2.68. The van der Waals surface area contributed by atoms with Crippen molar-refractivity contribution >= 4 is 5.91 Å². The van der Waals surface area contributed by atoms with Gasteiger partial charge in [-0.25, -0.2) is 0 Å². The third-order valence-corrected chi connectivity index (χ3v) is 3.77. The van der Waals surface area contributed by atoms with Gasteiger partial charge >= 0.3 is 0 Å². The first kappa shape index (κ1) is 12.6. The number of hydrogen-bond acceptors (Lipinski definition) is 5. The van der Waals surface area contributed by atoms with Gasteiger partial charge in [0.1, 0.15) is 17.5 Å². The van der Waals surface area contributed by atoms with E-state index in [1.807, 2.05) is 4.90 Å². The molecule has 1 aromatic rings. The maximum Gasteiger partial charge on any atom is 0.259 e. The van der Waals surface area contributed by atoms with E-state index < -0.39 is 0 Å². The molecule has 0 aliphatic carbocycles. The zero-order valence-electron chi connectivity index (χ0n) is 10.9. The smallest absolute Gasteiger partial charge is 0.259 e. The molecule has 1 aromatic heterocycles. The lowest BCUT2D eigenvalue weighted by atomic mass is 9.99. The number of rotatable bonds is 2. The van der Waals surface area contributed by atoms with Crippen LogP contribution in [0.25, 0.3) is 0 Å². The third-order valence-electron chi connectivity index (χ3n) is 3.77. The molecule has 1 N–H and O–H groups in total. The van der Waals surface area contributed by atoms with Gasteiger partial charge in [-0.1, -0.05) is 11.6 Å². The summed E-state index contributed by atoms with van der Waals surface area (Å²) < 4.78 is 10.3. The number of hydrogen-bond donors (Lipinski definition) is 1. The average molecular weight is 265 g/mol. The van der Waals surface area contributed by atoms with Gasteiger partial charge in [-0.3, -0.25) is 4.79 Å². The van der Waals surface area contributed by atoms with Crippen molar-refractivity contribution in [3.63, 3.8) is 0 Å². The summed E-state index contributed by atoms with van der Waals surface area (Å²) in [5, 5.41) is 7.44. The van der Waals surface area contributed by atoms with Crippen molar-refractivity contribution in [3.8, 4) is 0 Å². The van der Waals surface area contributed by atoms with Crippen LogP contribution in [0.3, 0.4) is 0 Å². The molecule has 0 aromatic carbocycles. The van der Waals surface area contributed by atoms with Crippen molar-refractivity contribution in [2.24, 2.45) is 0 Å². The molecule has 2 fully saturated rings. The van der Waals surface area contributed by atoms with E-state index in [0.29, 0.717) is 31.9 Å². The van der Waals surface area contributed by atoms with E-state index in [4.69, 9.17) is 9.26 Å². The normalized spacial score (nSPS) is 24.4. The van der Waals surface area contributed by atoms with Gasteiger partial charge in [-0.05, 0) is 19.4 Å². The highest BCUT2D eigenvalue weighted by Gasteiger charge is 2.28. The lowest BCUT2D eigenvalue weighted by Gasteiger charge is -2.27. The molecule has 19 heavy (non-hydrogen) atoms. The summed E-state index contributed by atoms with van der Waals surface area (Å²) in [4.78, 5) is 14.3. The highest BCUT2D eigenvalue weighted by atomic mass is 16.5. The van der Waals surface area contributed by atoms with Crippen LogP contribution < -0.4 is 5.32 Å². The molecular weight excluding hydrogens is 246 g/mol. The molecular formula is C13H19N3O3. The second kappa shape index (κ2) is 5.71. The highest BCUT2D eigenvalue weighted by Crippen LogP contribution is 2.25. The molecule has 0 radical (unpaired) electrons. The number of morpholine rings is 1. The van der Waals surface area contributed by atoms with Crippen molar-refractivity contribution in [2.45, 2.75) is 25.3 Å². The molecule has 6 heteroatoms. The quantitative estimate of drug-likeness (QED) is 0.862. The second-order valence-corrected chi connectivity index (χ2v) is 5.02. The Kier molecular flexibility index (Phi) is 3.79. The first-order valence-corrected chi connectivity index (χ1v) is 6.91. The Morgan fingerprint density at radius 1 is 1.37 bits per heavy atom. The maximum atomic E-state index is 12.5.